The number of halogens is 1. The standard InChI is InChI=1S/C18H13FN4O2/c1-9-6-13(12-4-2-10(19)7-15(12)20-9)17(24)21-11-3-5-14-16(8-11)23-18(25)22-14/h2-8H,1H3,(H,21,24)(H2,22,23,25). The van der Waals surface area contributed by atoms with Crippen molar-refractivity contribution in [2.24, 2.45) is 0 Å². The summed E-state index contributed by atoms with van der Waals surface area (Å²) in [4.78, 5) is 33.6. The summed E-state index contributed by atoms with van der Waals surface area (Å²) in [5.41, 5.74) is 2.94. The number of imidazole rings is 1. The Bertz CT molecular complexity index is 1190. The number of nitrogens with zero attached hydrogens (tertiary/aromatic N) is 1. The molecule has 0 spiro atoms. The second kappa shape index (κ2) is 5.55. The van der Waals surface area contributed by atoms with Gasteiger partial charge in [0, 0.05) is 22.8 Å². The smallest absolute Gasteiger partial charge is 0.322 e. The van der Waals surface area contributed by atoms with Crippen LogP contribution in [0.4, 0.5) is 10.1 Å². The van der Waals surface area contributed by atoms with Gasteiger partial charge < -0.3 is 15.3 Å². The molecule has 0 fully saturated rings. The van der Waals surface area contributed by atoms with E-state index >= 15 is 0 Å². The highest BCUT2D eigenvalue weighted by atomic mass is 19.1. The van der Waals surface area contributed by atoms with Gasteiger partial charge in [-0.3, -0.25) is 9.78 Å². The van der Waals surface area contributed by atoms with Gasteiger partial charge in [-0.05, 0) is 43.3 Å². The van der Waals surface area contributed by atoms with Crippen molar-refractivity contribution in [3.63, 3.8) is 0 Å². The first kappa shape index (κ1) is 15.1. The van der Waals surface area contributed by atoms with E-state index in [2.05, 4.69) is 20.3 Å². The van der Waals surface area contributed by atoms with Gasteiger partial charge in [0.25, 0.3) is 5.91 Å². The van der Waals surface area contributed by atoms with Gasteiger partial charge in [0.05, 0.1) is 22.1 Å². The number of carbonyl (C=O) groups is 1. The van der Waals surface area contributed by atoms with E-state index in [1.54, 1.807) is 37.3 Å². The molecule has 0 atom stereocenters. The largest absolute Gasteiger partial charge is 0.323 e. The summed E-state index contributed by atoms with van der Waals surface area (Å²) in [6, 6.07) is 10.9. The Morgan fingerprint density at radius 2 is 1.88 bits per heavy atom. The molecule has 2 aromatic heterocycles. The number of H-pyrrole nitrogens is 2. The van der Waals surface area contributed by atoms with Crippen LogP contribution >= 0.6 is 0 Å². The lowest BCUT2D eigenvalue weighted by molar-refractivity contribution is 0.102. The third kappa shape index (κ3) is 2.76. The zero-order chi connectivity index (χ0) is 17.6. The summed E-state index contributed by atoms with van der Waals surface area (Å²) in [6.07, 6.45) is 0. The zero-order valence-corrected chi connectivity index (χ0v) is 13.2. The lowest BCUT2D eigenvalue weighted by Gasteiger charge is -2.09. The van der Waals surface area contributed by atoms with Gasteiger partial charge in [-0.15, -0.1) is 0 Å². The minimum absolute atomic E-state index is 0.309. The number of hydrogen-bond acceptors (Lipinski definition) is 3. The van der Waals surface area contributed by atoms with Crippen LogP contribution in [0.15, 0.2) is 47.3 Å². The van der Waals surface area contributed by atoms with E-state index in [9.17, 15) is 14.0 Å². The van der Waals surface area contributed by atoms with Gasteiger partial charge in [0.1, 0.15) is 5.82 Å². The first-order valence-corrected chi connectivity index (χ1v) is 7.60. The highest BCUT2D eigenvalue weighted by Gasteiger charge is 2.13. The quantitative estimate of drug-likeness (QED) is 0.525. The van der Waals surface area contributed by atoms with E-state index in [0.717, 1.165) is 0 Å². The predicted octanol–water partition coefficient (Wildman–Crippen LogP) is 3.10. The van der Waals surface area contributed by atoms with Crippen LogP contribution in [0, 0.1) is 12.7 Å². The molecule has 0 saturated carbocycles. The normalized spacial score (nSPS) is 11.1. The summed E-state index contributed by atoms with van der Waals surface area (Å²) >= 11 is 0. The first-order chi connectivity index (χ1) is 12.0. The summed E-state index contributed by atoms with van der Waals surface area (Å²) in [6.45, 7) is 1.75. The maximum absolute atomic E-state index is 13.4. The number of benzene rings is 2. The molecule has 0 aliphatic heterocycles. The van der Waals surface area contributed by atoms with Crippen LogP contribution < -0.4 is 11.0 Å². The summed E-state index contributed by atoms with van der Waals surface area (Å²) in [7, 11) is 0. The molecule has 4 rings (SSSR count). The third-order valence-electron chi connectivity index (χ3n) is 3.92. The summed E-state index contributed by atoms with van der Waals surface area (Å²) in [5, 5.41) is 3.37. The molecule has 0 bridgehead atoms. The molecule has 7 heteroatoms. The van der Waals surface area contributed by atoms with Crippen LogP contribution in [-0.2, 0) is 0 Å². The van der Waals surface area contributed by atoms with Crippen LogP contribution in [0.3, 0.4) is 0 Å². The van der Waals surface area contributed by atoms with Crippen molar-refractivity contribution in [1.29, 1.82) is 0 Å². The number of fused-ring (bicyclic) bond motifs is 2. The summed E-state index contributed by atoms with van der Waals surface area (Å²) < 4.78 is 13.4. The van der Waals surface area contributed by atoms with Crippen molar-refractivity contribution in [3.8, 4) is 0 Å². The van der Waals surface area contributed by atoms with Gasteiger partial charge in [-0.2, -0.15) is 0 Å². The Morgan fingerprint density at radius 3 is 2.72 bits per heavy atom. The number of pyridine rings is 1. The Kier molecular flexibility index (Phi) is 3.35. The second-order valence-corrected chi connectivity index (χ2v) is 5.77. The van der Waals surface area contributed by atoms with E-state index in [1.165, 1.54) is 12.1 Å². The van der Waals surface area contributed by atoms with Crippen LogP contribution in [0.25, 0.3) is 21.9 Å². The van der Waals surface area contributed by atoms with Crippen molar-refractivity contribution in [2.75, 3.05) is 5.32 Å². The summed E-state index contributed by atoms with van der Waals surface area (Å²) in [5.74, 6) is -0.738. The van der Waals surface area contributed by atoms with E-state index in [0.29, 0.717) is 38.9 Å². The van der Waals surface area contributed by atoms with Crippen LogP contribution in [0.2, 0.25) is 0 Å². The van der Waals surface area contributed by atoms with Crippen molar-refractivity contribution in [3.05, 3.63) is 70.0 Å². The number of anilines is 1. The fraction of sp³-hybridized carbons (Fsp3) is 0.0556. The number of carbonyl (C=O) groups excluding carboxylic acids is 1. The minimum atomic E-state index is -0.404. The molecule has 124 valence electrons. The van der Waals surface area contributed by atoms with Gasteiger partial charge in [-0.25, -0.2) is 9.18 Å². The maximum atomic E-state index is 13.4. The molecule has 1 amide bonds. The topological polar surface area (TPSA) is 90.6 Å². The number of aromatic amines is 2. The number of nitrogens with one attached hydrogen (secondary N) is 3. The molecule has 0 aliphatic rings. The van der Waals surface area contributed by atoms with E-state index in [1.807, 2.05) is 0 Å². The highest BCUT2D eigenvalue weighted by Crippen LogP contribution is 2.22. The van der Waals surface area contributed by atoms with Crippen molar-refractivity contribution >= 4 is 33.5 Å². The average molecular weight is 336 g/mol. The van der Waals surface area contributed by atoms with Gasteiger partial charge in [-0.1, -0.05) is 0 Å². The Balaban J connectivity index is 1.74. The van der Waals surface area contributed by atoms with E-state index < -0.39 is 5.82 Å². The van der Waals surface area contributed by atoms with Crippen LogP contribution in [-0.4, -0.2) is 20.9 Å². The van der Waals surface area contributed by atoms with Gasteiger partial charge in [0.15, 0.2) is 0 Å². The molecule has 2 aromatic carbocycles. The molecule has 0 unspecified atom stereocenters. The molecule has 4 aromatic rings. The number of rotatable bonds is 2. The SMILES string of the molecule is Cc1cc(C(=O)Nc2ccc3[nH]c(=O)[nH]c3c2)c2ccc(F)cc2n1. The van der Waals surface area contributed by atoms with Gasteiger partial charge in [0.2, 0.25) is 0 Å². The van der Waals surface area contributed by atoms with Crippen molar-refractivity contribution in [2.45, 2.75) is 6.92 Å². The van der Waals surface area contributed by atoms with E-state index in [-0.39, 0.29) is 11.6 Å². The number of amides is 1. The Labute approximate surface area is 140 Å². The monoisotopic (exact) mass is 336 g/mol. The number of aromatic nitrogens is 3. The molecular formula is C18H13FN4O2. The fourth-order valence-corrected chi connectivity index (χ4v) is 2.83. The van der Waals surface area contributed by atoms with Gasteiger partial charge >= 0.3 is 5.69 Å². The molecule has 25 heavy (non-hydrogen) atoms. The Hall–Kier alpha value is -3.48. The highest BCUT2D eigenvalue weighted by molar-refractivity contribution is 6.12. The number of aryl methyl sites for hydroxylation is 1. The number of hydrogen-bond donors (Lipinski definition) is 3. The first-order valence-electron chi connectivity index (χ1n) is 7.60. The molecular weight excluding hydrogens is 323 g/mol. The lowest BCUT2D eigenvalue weighted by Crippen LogP contribution is -2.13. The molecule has 0 aliphatic carbocycles. The maximum Gasteiger partial charge on any atom is 0.323 e. The van der Waals surface area contributed by atoms with Crippen LogP contribution in [0.1, 0.15) is 16.1 Å². The predicted molar refractivity (Wildman–Crippen MR) is 93.3 cm³/mol. The fourth-order valence-electron chi connectivity index (χ4n) is 2.83. The minimum Gasteiger partial charge on any atom is -0.322 e. The third-order valence-corrected chi connectivity index (χ3v) is 3.92. The lowest BCUT2D eigenvalue weighted by atomic mass is 10.1. The molecule has 6 nitrogen and oxygen atoms in total. The van der Waals surface area contributed by atoms with E-state index in [4.69, 9.17) is 0 Å². The molecule has 0 saturated heterocycles. The molecule has 3 N–H and O–H groups in total. The second-order valence-electron chi connectivity index (χ2n) is 5.77. The van der Waals surface area contributed by atoms with Crippen LogP contribution in [0.5, 0.6) is 0 Å². The van der Waals surface area contributed by atoms with Crippen molar-refractivity contribution in [1.82, 2.24) is 15.0 Å². The molecule has 2 heterocycles. The van der Waals surface area contributed by atoms with Crippen molar-refractivity contribution < 1.29 is 9.18 Å². The molecule has 0 radical (unpaired) electrons. The Morgan fingerprint density at radius 1 is 1.08 bits per heavy atom. The zero-order valence-electron chi connectivity index (χ0n) is 13.2. The average Bonchev–Trinajstić information content (AvgIpc) is 2.92.